The fourth-order valence-corrected chi connectivity index (χ4v) is 3.75. The largest absolute Gasteiger partial charge is 0.313 e. The summed E-state index contributed by atoms with van der Waals surface area (Å²) in [6.07, 6.45) is 8.33. The zero-order chi connectivity index (χ0) is 13.2. The number of nitrogens with zero attached hydrogens (tertiary/aromatic N) is 1. The molecular weight excluding hydrogens is 220 g/mol. The van der Waals surface area contributed by atoms with Crippen LogP contribution >= 0.6 is 0 Å². The summed E-state index contributed by atoms with van der Waals surface area (Å²) in [5, 5.41) is 3.85. The van der Waals surface area contributed by atoms with Crippen molar-refractivity contribution in [2.75, 3.05) is 20.1 Å². The Morgan fingerprint density at radius 1 is 1.22 bits per heavy atom. The quantitative estimate of drug-likeness (QED) is 0.780. The Morgan fingerprint density at radius 3 is 2.56 bits per heavy atom. The van der Waals surface area contributed by atoms with Gasteiger partial charge in [0, 0.05) is 18.6 Å². The molecule has 2 aliphatic rings. The molecule has 2 fully saturated rings. The summed E-state index contributed by atoms with van der Waals surface area (Å²) in [7, 11) is 2.33. The molecule has 0 heterocycles. The SMILES string of the molecule is CCCNC1C(CN(C)C2CC2)CCCC1(C)C. The van der Waals surface area contributed by atoms with Crippen molar-refractivity contribution in [3.63, 3.8) is 0 Å². The fraction of sp³-hybridized carbons (Fsp3) is 1.00. The highest BCUT2D eigenvalue weighted by Crippen LogP contribution is 2.40. The van der Waals surface area contributed by atoms with E-state index in [1.165, 1.54) is 51.6 Å². The van der Waals surface area contributed by atoms with Gasteiger partial charge in [-0.25, -0.2) is 0 Å². The smallest absolute Gasteiger partial charge is 0.0159 e. The maximum atomic E-state index is 3.85. The maximum Gasteiger partial charge on any atom is 0.0159 e. The van der Waals surface area contributed by atoms with Gasteiger partial charge in [-0.05, 0) is 57.0 Å². The maximum absolute atomic E-state index is 3.85. The summed E-state index contributed by atoms with van der Waals surface area (Å²) >= 11 is 0. The molecule has 1 N–H and O–H groups in total. The normalized spacial score (nSPS) is 31.8. The molecule has 0 spiro atoms. The molecule has 0 aliphatic heterocycles. The lowest BCUT2D eigenvalue weighted by atomic mass is 9.67. The van der Waals surface area contributed by atoms with Gasteiger partial charge >= 0.3 is 0 Å². The summed E-state index contributed by atoms with van der Waals surface area (Å²) < 4.78 is 0. The highest BCUT2D eigenvalue weighted by atomic mass is 15.2. The third kappa shape index (κ3) is 3.48. The summed E-state index contributed by atoms with van der Waals surface area (Å²) in [5.74, 6) is 0.853. The van der Waals surface area contributed by atoms with Crippen molar-refractivity contribution in [1.82, 2.24) is 10.2 Å². The van der Waals surface area contributed by atoms with Crippen LogP contribution in [0.1, 0.15) is 59.3 Å². The minimum atomic E-state index is 0.475. The molecule has 2 nitrogen and oxygen atoms in total. The Morgan fingerprint density at radius 2 is 1.94 bits per heavy atom. The van der Waals surface area contributed by atoms with E-state index in [-0.39, 0.29) is 0 Å². The molecule has 0 aromatic heterocycles. The number of hydrogen-bond acceptors (Lipinski definition) is 2. The Kier molecular flexibility index (Phi) is 4.71. The Balaban J connectivity index is 1.95. The molecule has 2 saturated carbocycles. The molecule has 0 saturated heterocycles. The van der Waals surface area contributed by atoms with Crippen molar-refractivity contribution in [2.24, 2.45) is 11.3 Å². The molecule has 0 bridgehead atoms. The van der Waals surface area contributed by atoms with Crippen LogP contribution in [0.2, 0.25) is 0 Å². The van der Waals surface area contributed by atoms with Crippen LogP contribution in [0.5, 0.6) is 0 Å². The number of rotatable bonds is 6. The van der Waals surface area contributed by atoms with Crippen LogP contribution in [0.25, 0.3) is 0 Å². The average molecular weight is 252 g/mol. The van der Waals surface area contributed by atoms with Gasteiger partial charge in [0.1, 0.15) is 0 Å². The van der Waals surface area contributed by atoms with E-state index in [0.717, 1.165) is 12.0 Å². The second kappa shape index (κ2) is 5.92. The Labute approximate surface area is 114 Å². The minimum absolute atomic E-state index is 0.475. The average Bonchev–Trinajstić information content (AvgIpc) is 3.11. The molecule has 0 radical (unpaired) electrons. The molecule has 2 unspecified atom stereocenters. The summed E-state index contributed by atoms with van der Waals surface area (Å²) in [4.78, 5) is 2.62. The Hall–Kier alpha value is -0.0800. The van der Waals surface area contributed by atoms with E-state index in [2.05, 4.69) is 38.0 Å². The number of nitrogens with one attached hydrogen (secondary N) is 1. The van der Waals surface area contributed by atoms with Crippen LogP contribution in [0.3, 0.4) is 0 Å². The van der Waals surface area contributed by atoms with Crippen molar-refractivity contribution in [1.29, 1.82) is 0 Å². The van der Waals surface area contributed by atoms with E-state index in [0.29, 0.717) is 11.5 Å². The second-order valence-electron chi connectivity index (χ2n) is 7.24. The van der Waals surface area contributed by atoms with Crippen molar-refractivity contribution in [2.45, 2.75) is 71.4 Å². The highest BCUT2D eigenvalue weighted by Gasteiger charge is 2.40. The molecule has 2 atom stereocenters. The molecule has 106 valence electrons. The zero-order valence-electron chi connectivity index (χ0n) is 12.8. The van der Waals surface area contributed by atoms with E-state index >= 15 is 0 Å². The molecular formula is C16H32N2. The fourth-order valence-electron chi connectivity index (χ4n) is 3.75. The third-order valence-corrected chi connectivity index (χ3v) is 5.02. The van der Waals surface area contributed by atoms with Crippen LogP contribution in [0, 0.1) is 11.3 Å². The van der Waals surface area contributed by atoms with Gasteiger partial charge in [-0.1, -0.05) is 27.2 Å². The zero-order valence-corrected chi connectivity index (χ0v) is 12.8. The van der Waals surface area contributed by atoms with Gasteiger partial charge in [-0.2, -0.15) is 0 Å². The minimum Gasteiger partial charge on any atom is -0.313 e. The lowest BCUT2D eigenvalue weighted by Gasteiger charge is -2.46. The first kappa shape index (κ1) is 14.3. The lowest BCUT2D eigenvalue weighted by molar-refractivity contribution is 0.0836. The topological polar surface area (TPSA) is 15.3 Å². The predicted molar refractivity (Wildman–Crippen MR) is 78.9 cm³/mol. The van der Waals surface area contributed by atoms with Gasteiger partial charge in [0.05, 0.1) is 0 Å². The van der Waals surface area contributed by atoms with E-state index < -0.39 is 0 Å². The van der Waals surface area contributed by atoms with Gasteiger partial charge in [0.15, 0.2) is 0 Å². The second-order valence-corrected chi connectivity index (χ2v) is 7.24. The van der Waals surface area contributed by atoms with Crippen molar-refractivity contribution < 1.29 is 0 Å². The molecule has 0 amide bonds. The van der Waals surface area contributed by atoms with Crippen LogP contribution in [-0.4, -0.2) is 37.1 Å². The van der Waals surface area contributed by atoms with Gasteiger partial charge in [0.25, 0.3) is 0 Å². The van der Waals surface area contributed by atoms with Gasteiger partial charge in [-0.15, -0.1) is 0 Å². The molecule has 18 heavy (non-hydrogen) atoms. The molecule has 0 aromatic rings. The molecule has 0 aromatic carbocycles. The van der Waals surface area contributed by atoms with E-state index in [4.69, 9.17) is 0 Å². The summed E-state index contributed by atoms with van der Waals surface area (Å²) in [5.41, 5.74) is 0.475. The standard InChI is InChI=1S/C16H32N2/c1-5-11-17-15-13(7-6-10-16(15,2)3)12-18(4)14-8-9-14/h13-15,17H,5-12H2,1-4H3. The van der Waals surface area contributed by atoms with Crippen molar-refractivity contribution >= 4 is 0 Å². The lowest BCUT2D eigenvalue weighted by Crippen LogP contribution is -2.52. The van der Waals surface area contributed by atoms with Crippen LogP contribution in [0.4, 0.5) is 0 Å². The molecule has 2 heteroatoms. The van der Waals surface area contributed by atoms with E-state index in [1.54, 1.807) is 0 Å². The van der Waals surface area contributed by atoms with Gasteiger partial charge in [-0.3, -0.25) is 0 Å². The van der Waals surface area contributed by atoms with E-state index in [9.17, 15) is 0 Å². The molecule has 2 aliphatic carbocycles. The highest BCUT2D eigenvalue weighted by molar-refractivity contribution is 4.95. The third-order valence-electron chi connectivity index (χ3n) is 5.02. The van der Waals surface area contributed by atoms with Crippen LogP contribution in [-0.2, 0) is 0 Å². The summed E-state index contributed by atoms with van der Waals surface area (Å²) in [6.45, 7) is 9.68. The van der Waals surface area contributed by atoms with Gasteiger partial charge < -0.3 is 10.2 Å². The first-order chi connectivity index (χ1) is 8.54. The van der Waals surface area contributed by atoms with E-state index in [1.807, 2.05) is 0 Å². The van der Waals surface area contributed by atoms with Gasteiger partial charge in [0.2, 0.25) is 0 Å². The predicted octanol–water partition coefficient (Wildman–Crippen LogP) is 3.28. The number of hydrogen-bond donors (Lipinski definition) is 1. The molecule has 2 rings (SSSR count). The Bertz CT molecular complexity index is 258. The van der Waals surface area contributed by atoms with Crippen molar-refractivity contribution in [3.8, 4) is 0 Å². The monoisotopic (exact) mass is 252 g/mol. The van der Waals surface area contributed by atoms with Crippen molar-refractivity contribution in [3.05, 3.63) is 0 Å². The summed E-state index contributed by atoms with van der Waals surface area (Å²) in [6, 6.07) is 1.62. The van der Waals surface area contributed by atoms with Crippen LogP contribution < -0.4 is 5.32 Å². The van der Waals surface area contributed by atoms with Crippen LogP contribution in [0.15, 0.2) is 0 Å². The first-order valence-corrected chi connectivity index (χ1v) is 7.98. The first-order valence-electron chi connectivity index (χ1n) is 7.98.